The Balaban J connectivity index is 2.50. The van der Waals surface area contributed by atoms with Crippen molar-refractivity contribution in [2.75, 3.05) is 12.8 Å². The maximum Gasteiger partial charge on any atom is 0.233 e. The first kappa shape index (κ1) is 14.3. The molecule has 1 aromatic rings. The fourth-order valence-corrected chi connectivity index (χ4v) is 3.81. The number of thioether (sulfide) groups is 2. The van der Waals surface area contributed by atoms with Crippen molar-refractivity contribution in [1.29, 1.82) is 0 Å². The van der Waals surface area contributed by atoms with Gasteiger partial charge in [-0.25, -0.2) is 0 Å². The van der Waals surface area contributed by atoms with Crippen LogP contribution in [0.3, 0.4) is 0 Å². The third-order valence-corrected chi connectivity index (χ3v) is 4.88. The van der Waals surface area contributed by atoms with Crippen molar-refractivity contribution < 1.29 is 9.59 Å². The number of amides is 2. The number of primary amides is 1. The first-order valence-corrected chi connectivity index (χ1v) is 7.34. The van der Waals surface area contributed by atoms with E-state index in [-0.39, 0.29) is 16.9 Å². The molecule has 1 aromatic heterocycles. The predicted molar refractivity (Wildman–Crippen MR) is 69.2 cm³/mol. The van der Waals surface area contributed by atoms with Gasteiger partial charge in [0.15, 0.2) is 8.68 Å². The lowest BCUT2D eigenvalue weighted by atomic mass is 10.4. The van der Waals surface area contributed by atoms with E-state index in [0.29, 0.717) is 8.68 Å². The molecule has 0 aliphatic rings. The largest absolute Gasteiger partial charge is 0.369 e. The van der Waals surface area contributed by atoms with E-state index in [2.05, 4.69) is 15.5 Å². The Kier molecular flexibility index (Phi) is 5.72. The van der Waals surface area contributed by atoms with Crippen LogP contribution in [0.1, 0.15) is 6.92 Å². The molecule has 1 heterocycles. The van der Waals surface area contributed by atoms with Gasteiger partial charge in [0.25, 0.3) is 0 Å². The van der Waals surface area contributed by atoms with Crippen LogP contribution in [0.5, 0.6) is 0 Å². The minimum Gasteiger partial charge on any atom is -0.369 e. The lowest BCUT2D eigenvalue weighted by Gasteiger charge is -2.05. The average molecular weight is 292 g/mol. The smallest absolute Gasteiger partial charge is 0.233 e. The zero-order chi connectivity index (χ0) is 12.8. The molecule has 0 aliphatic heterocycles. The molecule has 0 spiro atoms. The molecule has 0 radical (unpaired) electrons. The Hall–Kier alpha value is -0.800. The number of aromatic nitrogens is 2. The third-order valence-electron chi connectivity index (χ3n) is 1.62. The van der Waals surface area contributed by atoms with Crippen LogP contribution in [0.25, 0.3) is 0 Å². The van der Waals surface area contributed by atoms with Crippen LogP contribution in [-0.2, 0) is 9.59 Å². The van der Waals surface area contributed by atoms with E-state index in [1.54, 1.807) is 14.0 Å². The molecule has 0 saturated heterocycles. The standard InChI is InChI=1S/C8H12N4O2S3/c1-4(6(14)10-2)16-8-12-11-7(17-8)15-3-5(9)13/h4H,3H2,1-2H3,(H2,9,13)(H,10,14)/t4-/m1/s1. The highest BCUT2D eigenvalue weighted by molar-refractivity contribution is 8.04. The Morgan fingerprint density at radius 1 is 1.47 bits per heavy atom. The van der Waals surface area contributed by atoms with Crippen molar-refractivity contribution in [3.05, 3.63) is 0 Å². The minimum absolute atomic E-state index is 0.0588. The van der Waals surface area contributed by atoms with Crippen molar-refractivity contribution in [3.8, 4) is 0 Å². The molecule has 0 saturated carbocycles. The molecule has 2 amide bonds. The third kappa shape index (κ3) is 4.92. The summed E-state index contributed by atoms with van der Waals surface area (Å²) in [5.41, 5.74) is 5.02. The summed E-state index contributed by atoms with van der Waals surface area (Å²) in [5, 5.41) is 10.2. The lowest BCUT2D eigenvalue weighted by molar-refractivity contribution is -0.119. The van der Waals surface area contributed by atoms with E-state index >= 15 is 0 Å². The topological polar surface area (TPSA) is 98.0 Å². The van der Waals surface area contributed by atoms with Gasteiger partial charge in [-0.05, 0) is 6.92 Å². The van der Waals surface area contributed by atoms with Crippen molar-refractivity contribution in [3.63, 3.8) is 0 Å². The number of nitrogens with two attached hydrogens (primary N) is 1. The summed E-state index contributed by atoms with van der Waals surface area (Å²) in [6.45, 7) is 1.79. The Morgan fingerprint density at radius 2 is 2.12 bits per heavy atom. The van der Waals surface area contributed by atoms with Gasteiger partial charge in [0.1, 0.15) is 0 Å². The number of hydrogen-bond acceptors (Lipinski definition) is 7. The van der Waals surface area contributed by atoms with Crippen molar-refractivity contribution in [2.24, 2.45) is 5.73 Å². The van der Waals surface area contributed by atoms with Gasteiger partial charge in [0.2, 0.25) is 11.8 Å². The summed E-state index contributed by atoms with van der Waals surface area (Å²) >= 11 is 3.93. The molecule has 0 unspecified atom stereocenters. The fourth-order valence-electron chi connectivity index (χ4n) is 0.844. The number of rotatable bonds is 6. The van der Waals surface area contributed by atoms with Gasteiger partial charge in [-0.3, -0.25) is 9.59 Å². The van der Waals surface area contributed by atoms with E-state index < -0.39 is 5.91 Å². The molecule has 17 heavy (non-hydrogen) atoms. The van der Waals surface area contributed by atoms with Crippen LogP contribution in [0.15, 0.2) is 8.68 Å². The summed E-state index contributed by atoms with van der Waals surface area (Å²) in [6, 6.07) is 0. The van der Waals surface area contributed by atoms with Crippen molar-refractivity contribution >= 4 is 46.7 Å². The average Bonchev–Trinajstić information content (AvgIpc) is 2.73. The molecular weight excluding hydrogens is 280 g/mol. The molecule has 0 fully saturated rings. The molecule has 6 nitrogen and oxygen atoms in total. The number of nitrogens with one attached hydrogen (secondary N) is 1. The Labute approximate surface area is 111 Å². The van der Waals surface area contributed by atoms with Gasteiger partial charge in [0, 0.05) is 7.05 Å². The molecule has 9 heteroatoms. The quantitative estimate of drug-likeness (QED) is 0.734. The highest BCUT2D eigenvalue weighted by Crippen LogP contribution is 2.30. The van der Waals surface area contributed by atoms with E-state index in [9.17, 15) is 9.59 Å². The molecular formula is C8H12N4O2S3. The van der Waals surface area contributed by atoms with Gasteiger partial charge in [0.05, 0.1) is 11.0 Å². The van der Waals surface area contributed by atoms with Crippen molar-refractivity contribution in [1.82, 2.24) is 15.5 Å². The second-order valence-electron chi connectivity index (χ2n) is 2.96. The molecule has 94 valence electrons. The van der Waals surface area contributed by atoms with Crippen LogP contribution >= 0.6 is 34.9 Å². The fraction of sp³-hybridized carbons (Fsp3) is 0.500. The first-order valence-electron chi connectivity index (χ1n) is 4.65. The minimum atomic E-state index is -0.391. The molecule has 0 aliphatic carbocycles. The van der Waals surface area contributed by atoms with Crippen LogP contribution in [-0.4, -0.2) is 40.1 Å². The lowest BCUT2D eigenvalue weighted by Crippen LogP contribution is -2.27. The second kappa shape index (κ2) is 6.82. The highest BCUT2D eigenvalue weighted by Gasteiger charge is 2.15. The zero-order valence-corrected chi connectivity index (χ0v) is 11.7. The van der Waals surface area contributed by atoms with Gasteiger partial charge < -0.3 is 11.1 Å². The van der Waals surface area contributed by atoms with Crippen molar-refractivity contribution in [2.45, 2.75) is 20.9 Å². The van der Waals surface area contributed by atoms with E-state index in [1.807, 2.05) is 0 Å². The first-order chi connectivity index (χ1) is 8.02. The summed E-state index contributed by atoms with van der Waals surface area (Å²) in [7, 11) is 1.59. The van der Waals surface area contributed by atoms with Gasteiger partial charge >= 0.3 is 0 Å². The van der Waals surface area contributed by atoms with Crippen LogP contribution in [0.2, 0.25) is 0 Å². The number of nitrogens with zero attached hydrogens (tertiary/aromatic N) is 2. The number of carbonyl (C=O) groups excluding carboxylic acids is 2. The van der Waals surface area contributed by atoms with E-state index in [4.69, 9.17) is 5.73 Å². The van der Waals surface area contributed by atoms with Crippen LogP contribution in [0, 0.1) is 0 Å². The highest BCUT2D eigenvalue weighted by atomic mass is 32.2. The molecule has 3 N–H and O–H groups in total. The number of hydrogen-bond donors (Lipinski definition) is 2. The number of carbonyl (C=O) groups is 2. The monoisotopic (exact) mass is 292 g/mol. The van der Waals surface area contributed by atoms with Gasteiger partial charge in [-0.1, -0.05) is 34.9 Å². The Bertz CT molecular complexity index is 409. The summed E-state index contributed by atoms with van der Waals surface area (Å²) in [4.78, 5) is 21.9. The second-order valence-corrected chi connectivity index (χ2v) is 6.75. The molecule has 0 bridgehead atoms. The van der Waals surface area contributed by atoms with E-state index in [0.717, 1.165) is 0 Å². The summed E-state index contributed by atoms with van der Waals surface area (Å²) < 4.78 is 1.38. The summed E-state index contributed by atoms with van der Waals surface area (Å²) in [5.74, 6) is -0.265. The van der Waals surface area contributed by atoms with Crippen LogP contribution < -0.4 is 11.1 Å². The molecule has 1 rings (SSSR count). The molecule has 1 atom stereocenters. The Morgan fingerprint density at radius 3 is 2.71 bits per heavy atom. The van der Waals surface area contributed by atoms with Crippen LogP contribution in [0.4, 0.5) is 0 Å². The van der Waals surface area contributed by atoms with Gasteiger partial charge in [-0.2, -0.15) is 0 Å². The maximum absolute atomic E-state index is 11.3. The van der Waals surface area contributed by atoms with E-state index in [1.165, 1.54) is 34.9 Å². The maximum atomic E-state index is 11.3. The normalized spacial score (nSPS) is 12.1. The van der Waals surface area contributed by atoms with Gasteiger partial charge in [-0.15, -0.1) is 10.2 Å². The predicted octanol–water partition coefficient (Wildman–Crippen LogP) is 0.342. The summed E-state index contributed by atoms with van der Waals surface area (Å²) in [6.07, 6.45) is 0. The zero-order valence-electron chi connectivity index (χ0n) is 9.30. The molecule has 0 aromatic carbocycles. The SMILES string of the molecule is CNC(=O)[C@@H](C)Sc1nnc(SCC(N)=O)s1.